The van der Waals surface area contributed by atoms with Gasteiger partial charge in [-0.2, -0.15) is 0 Å². The highest BCUT2D eigenvalue weighted by atomic mass is 32.1. The quantitative estimate of drug-likeness (QED) is 0.476. The van der Waals surface area contributed by atoms with Crippen molar-refractivity contribution < 1.29 is 9.59 Å². The van der Waals surface area contributed by atoms with E-state index in [1.165, 1.54) is 11.3 Å². The first-order valence-electron chi connectivity index (χ1n) is 10.1. The Morgan fingerprint density at radius 3 is 2.65 bits per heavy atom. The zero-order valence-electron chi connectivity index (χ0n) is 16.7. The van der Waals surface area contributed by atoms with Gasteiger partial charge >= 0.3 is 0 Å². The molecule has 6 nitrogen and oxygen atoms in total. The molecule has 0 aliphatic carbocycles. The van der Waals surface area contributed by atoms with Gasteiger partial charge in [0.2, 0.25) is 11.8 Å². The molecule has 1 aliphatic rings. The van der Waals surface area contributed by atoms with Crippen molar-refractivity contribution in [1.82, 2.24) is 9.97 Å². The second-order valence-corrected chi connectivity index (χ2v) is 8.50. The minimum atomic E-state index is -0.420. The van der Waals surface area contributed by atoms with Gasteiger partial charge in [0.05, 0.1) is 22.7 Å². The Morgan fingerprint density at radius 2 is 1.87 bits per heavy atom. The van der Waals surface area contributed by atoms with E-state index < -0.39 is 5.92 Å². The second kappa shape index (κ2) is 8.28. The van der Waals surface area contributed by atoms with E-state index in [0.717, 1.165) is 21.5 Å². The number of amides is 2. The SMILES string of the molecule is O=C1C[C@H](C(=O)N(Cc2cccnc2)c2nc3ccccc3s2)CN1c1ccccc1. The van der Waals surface area contributed by atoms with Gasteiger partial charge in [0.15, 0.2) is 5.13 Å². The van der Waals surface area contributed by atoms with Crippen LogP contribution in [0.1, 0.15) is 12.0 Å². The van der Waals surface area contributed by atoms with Crippen molar-refractivity contribution in [2.45, 2.75) is 13.0 Å². The molecule has 0 spiro atoms. The van der Waals surface area contributed by atoms with Crippen LogP contribution < -0.4 is 9.80 Å². The molecule has 1 aliphatic heterocycles. The first-order valence-corrected chi connectivity index (χ1v) is 10.9. The third-order valence-electron chi connectivity index (χ3n) is 5.39. The summed E-state index contributed by atoms with van der Waals surface area (Å²) >= 11 is 1.48. The summed E-state index contributed by atoms with van der Waals surface area (Å²) in [5, 5.41) is 0.640. The number of fused-ring (bicyclic) bond motifs is 1. The number of aromatic nitrogens is 2. The highest BCUT2D eigenvalue weighted by molar-refractivity contribution is 7.22. The maximum atomic E-state index is 13.6. The van der Waals surface area contributed by atoms with Gasteiger partial charge in [0.25, 0.3) is 0 Å². The summed E-state index contributed by atoms with van der Waals surface area (Å²) in [7, 11) is 0. The van der Waals surface area contributed by atoms with Crippen molar-refractivity contribution in [3.63, 3.8) is 0 Å². The molecule has 4 aromatic rings. The highest BCUT2D eigenvalue weighted by Gasteiger charge is 2.38. The molecule has 3 heterocycles. The molecule has 2 aromatic heterocycles. The zero-order valence-corrected chi connectivity index (χ0v) is 17.5. The van der Waals surface area contributed by atoms with Crippen LogP contribution in [0.4, 0.5) is 10.8 Å². The van der Waals surface area contributed by atoms with E-state index in [2.05, 4.69) is 4.98 Å². The average Bonchev–Trinajstić information content (AvgIpc) is 3.42. The van der Waals surface area contributed by atoms with Crippen molar-refractivity contribution >= 4 is 44.2 Å². The molecule has 0 radical (unpaired) electrons. The smallest absolute Gasteiger partial charge is 0.234 e. The van der Waals surface area contributed by atoms with E-state index in [0.29, 0.717) is 18.2 Å². The molecule has 7 heteroatoms. The lowest BCUT2D eigenvalue weighted by atomic mass is 10.1. The first kappa shape index (κ1) is 19.4. The van der Waals surface area contributed by atoms with Gasteiger partial charge in [-0.25, -0.2) is 4.98 Å². The standard InChI is InChI=1S/C24H20N4O2S/c29-22-13-18(16-27(22)19-8-2-1-3-9-19)23(30)28(15-17-7-6-12-25-14-17)24-26-20-10-4-5-11-21(20)31-24/h1-12,14,18H,13,15-16H2/t18-/m0/s1. The lowest BCUT2D eigenvalue weighted by molar-refractivity contribution is -0.124. The van der Waals surface area contributed by atoms with Crippen molar-refractivity contribution in [1.29, 1.82) is 0 Å². The predicted molar refractivity (Wildman–Crippen MR) is 122 cm³/mol. The molecule has 1 fully saturated rings. The predicted octanol–water partition coefficient (Wildman–Crippen LogP) is 4.28. The number of para-hydroxylation sites is 2. The molecule has 0 unspecified atom stereocenters. The van der Waals surface area contributed by atoms with E-state index in [9.17, 15) is 9.59 Å². The van der Waals surface area contributed by atoms with E-state index in [4.69, 9.17) is 4.98 Å². The number of anilines is 2. The molecule has 1 saturated heterocycles. The van der Waals surface area contributed by atoms with Gasteiger partial charge in [-0.1, -0.05) is 47.7 Å². The summed E-state index contributed by atoms with van der Waals surface area (Å²) in [6.07, 6.45) is 3.66. The van der Waals surface area contributed by atoms with Crippen molar-refractivity contribution in [2.24, 2.45) is 5.92 Å². The largest absolute Gasteiger partial charge is 0.312 e. The van der Waals surface area contributed by atoms with E-state index in [-0.39, 0.29) is 18.2 Å². The van der Waals surface area contributed by atoms with Gasteiger partial charge < -0.3 is 4.90 Å². The van der Waals surface area contributed by atoms with Crippen LogP contribution in [0.15, 0.2) is 79.1 Å². The number of thiazole rings is 1. The normalized spacial score (nSPS) is 16.1. The Hall–Kier alpha value is -3.58. The Morgan fingerprint density at radius 1 is 1.06 bits per heavy atom. The van der Waals surface area contributed by atoms with Crippen LogP contribution in [0.5, 0.6) is 0 Å². The summed E-state index contributed by atoms with van der Waals surface area (Å²) in [5.41, 5.74) is 2.60. The molecule has 2 aromatic carbocycles. The van der Waals surface area contributed by atoms with Gasteiger partial charge in [-0.05, 0) is 35.9 Å². The minimum Gasteiger partial charge on any atom is -0.312 e. The van der Waals surface area contributed by atoms with Crippen LogP contribution in [-0.2, 0) is 16.1 Å². The average molecular weight is 429 g/mol. The van der Waals surface area contributed by atoms with Crippen LogP contribution in [0.2, 0.25) is 0 Å². The summed E-state index contributed by atoms with van der Waals surface area (Å²) in [4.78, 5) is 38.6. The fourth-order valence-electron chi connectivity index (χ4n) is 3.84. The van der Waals surface area contributed by atoms with Crippen molar-refractivity contribution in [2.75, 3.05) is 16.3 Å². The molecule has 0 bridgehead atoms. The summed E-state index contributed by atoms with van der Waals surface area (Å²) in [5.74, 6) is -0.541. The molecule has 0 saturated carbocycles. The van der Waals surface area contributed by atoms with Crippen LogP contribution in [0.25, 0.3) is 10.2 Å². The van der Waals surface area contributed by atoms with E-state index in [1.807, 2.05) is 66.7 Å². The molecular formula is C24H20N4O2S. The first-order chi connectivity index (χ1) is 15.2. The van der Waals surface area contributed by atoms with E-state index in [1.54, 1.807) is 22.2 Å². The molecule has 5 rings (SSSR count). The Bertz CT molecular complexity index is 1190. The van der Waals surface area contributed by atoms with Crippen LogP contribution >= 0.6 is 11.3 Å². The van der Waals surface area contributed by atoms with Gasteiger partial charge in [-0.15, -0.1) is 0 Å². The third kappa shape index (κ3) is 3.92. The molecular weight excluding hydrogens is 408 g/mol. The number of hydrogen-bond donors (Lipinski definition) is 0. The van der Waals surface area contributed by atoms with E-state index >= 15 is 0 Å². The van der Waals surface area contributed by atoms with Crippen LogP contribution in [0, 0.1) is 5.92 Å². The van der Waals surface area contributed by atoms with Gasteiger partial charge in [0, 0.05) is 31.0 Å². The molecule has 154 valence electrons. The second-order valence-electron chi connectivity index (χ2n) is 7.49. The zero-order chi connectivity index (χ0) is 21.2. The summed E-state index contributed by atoms with van der Waals surface area (Å²) in [6, 6.07) is 21.1. The monoisotopic (exact) mass is 428 g/mol. The maximum Gasteiger partial charge on any atom is 0.234 e. The lowest BCUT2D eigenvalue weighted by Crippen LogP contribution is -2.37. The molecule has 31 heavy (non-hydrogen) atoms. The molecule has 0 N–H and O–H groups in total. The number of carbonyl (C=O) groups is 2. The number of pyridine rings is 1. The Balaban J connectivity index is 1.46. The molecule has 2 amide bonds. The number of hydrogen-bond acceptors (Lipinski definition) is 5. The number of rotatable bonds is 5. The maximum absolute atomic E-state index is 13.6. The topological polar surface area (TPSA) is 66.4 Å². The van der Waals surface area contributed by atoms with Crippen LogP contribution in [0.3, 0.4) is 0 Å². The Labute approximate surface area is 183 Å². The van der Waals surface area contributed by atoms with Crippen LogP contribution in [-0.4, -0.2) is 28.3 Å². The fraction of sp³-hybridized carbons (Fsp3) is 0.167. The van der Waals surface area contributed by atoms with Crippen molar-refractivity contribution in [3.05, 3.63) is 84.7 Å². The van der Waals surface area contributed by atoms with Crippen molar-refractivity contribution in [3.8, 4) is 0 Å². The number of nitrogens with zero attached hydrogens (tertiary/aromatic N) is 4. The number of carbonyl (C=O) groups excluding carboxylic acids is 2. The summed E-state index contributed by atoms with van der Waals surface area (Å²) < 4.78 is 1.02. The minimum absolute atomic E-state index is 0.0322. The lowest BCUT2D eigenvalue weighted by Gasteiger charge is -2.23. The Kier molecular flexibility index (Phi) is 5.18. The summed E-state index contributed by atoms with van der Waals surface area (Å²) in [6.45, 7) is 0.735. The highest BCUT2D eigenvalue weighted by Crippen LogP contribution is 2.33. The molecule has 1 atom stereocenters. The number of benzene rings is 2. The fourth-order valence-corrected chi connectivity index (χ4v) is 4.81. The third-order valence-corrected chi connectivity index (χ3v) is 6.44. The van der Waals surface area contributed by atoms with Gasteiger partial charge in [-0.3, -0.25) is 19.5 Å². The van der Waals surface area contributed by atoms with Gasteiger partial charge in [0.1, 0.15) is 0 Å².